The third-order valence-electron chi connectivity index (χ3n) is 11.3. The maximum absolute atomic E-state index is 14.5. The zero-order valence-corrected chi connectivity index (χ0v) is 29.1. The summed E-state index contributed by atoms with van der Waals surface area (Å²) in [6.07, 6.45) is -0.877. The van der Waals surface area contributed by atoms with Crippen LogP contribution < -0.4 is 5.32 Å². The average molecular weight is 639 g/mol. The van der Waals surface area contributed by atoms with Gasteiger partial charge in [-0.15, -0.1) is 0 Å². The van der Waals surface area contributed by atoms with E-state index in [1.807, 2.05) is 53.6 Å². The highest BCUT2D eigenvalue weighted by Crippen LogP contribution is 2.45. The van der Waals surface area contributed by atoms with Crippen LogP contribution in [-0.4, -0.2) is 109 Å². The van der Waals surface area contributed by atoms with Gasteiger partial charge in [-0.3, -0.25) is 14.4 Å². The number of nitrogens with zero attached hydrogens (tertiary/aromatic N) is 1. The third-order valence-corrected chi connectivity index (χ3v) is 11.3. The Labute approximate surface area is 269 Å². The van der Waals surface area contributed by atoms with Gasteiger partial charge in [-0.1, -0.05) is 27.7 Å². The van der Waals surface area contributed by atoms with Gasteiger partial charge in [0.05, 0.1) is 24.2 Å². The number of carbonyl (C=O) groups excluding carboxylic acids is 3. The first kappa shape index (κ1) is 36.2. The Balaban J connectivity index is 1.76. The van der Waals surface area contributed by atoms with Gasteiger partial charge in [0, 0.05) is 30.5 Å². The third kappa shape index (κ3) is 6.99. The van der Waals surface area contributed by atoms with Crippen molar-refractivity contribution < 1.29 is 43.2 Å². The van der Waals surface area contributed by atoms with Crippen molar-refractivity contribution in [2.75, 3.05) is 27.2 Å². The summed E-state index contributed by atoms with van der Waals surface area (Å²) in [5.41, 5.74) is -3.51. The van der Waals surface area contributed by atoms with Gasteiger partial charge < -0.3 is 39.0 Å². The summed E-state index contributed by atoms with van der Waals surface area (Å²) in [5, 5.41) is 15.0. The predicted molar refractivity (Wildman–Crippen MR) is 167 cm³/mol. The number of nitrogens with one attached hydrogen (secondary N) is 1. The molecule has 5 saturated heterocycles. The van der Waals surface area contributed by atoms with E-state index in [2.05, 4.69) is 12.2 Å². The molecule has 5 aliphatic heterocycles. The van der Waals surface area contributed by atoms with Gasteiger partial charge in [-0.25, -0.2) is 0 Å². The summed E-state index contributed by atoms with van der Waals surface area (Å²) < 4.78 is 31.8. The van der Waals surface area contributed by atoms with E-state index in [9.17, 15) is 19.5 Å². The Hall–Kier alpha value is -1.63. The average Bonchev–Trinajstić information content (AvgIpc) is 3.30. The molecule has 0 aliphatic carbocycles. The SMILES string of the molecule is CCC1CC(N(C)C)C(O)[C@H](O[C@@H]2[C@@H](C)C(=O)[C@]3(C)CCO[C@@]2(C)C[C@@H](C)CN[C@H](C)[C@H]2CC(=O)O[C@]2(C)[C@@H](CC)OC3=O)O1. The van der Waals surface area contributed by atoms with Gasteiger partial charge in [0.25, 0.3) is 0 Å². The molecular formula is C34H58N2O9. The van der Waals surface area contributed by atoms with Crippen LogP contribution in [0.25, 0.3) is 0 Å². The van der Waals surface area contributed by atoms with Crippen LogP contribution in [0, 0.1) is 23.2 Å². The second-order valence-corrected chi connectivity index (χ2v) is 15.0. The Kier molecular flexibility index (Phi) is 11.1. The predicted octanol–water partition coefficient (Wildman–Crippen LogP) is 3.24. The van der Waals surface area contributed by atoms with Crippen molar-refractivity contribution in [3.63, 3.8) is 0 Å². The minimum absolute atomic E-state index is 0.0843. The number of ether oxygens (including phenoxy) is 5. The number of esters is 2. The number of rotatable bonds is 5. The number of aliphatic hydroxyl groups excluding tert-OH is 1. The lowest BCUT2D eigenvalue weighted by Gasteiger charge is -2.49. The molecule has 2 N–H and O–H groups in total. The summed E-state index contributed by atoms with van der Waals surface area (Å²) in [6, 6.07) is -0.300. The first-order valence-electron chi connectivity index (χ1n) is 17.0. The van der Waals surface area contributed by atoms with Gasteiger partial charge in [-0.05, 0) is 86.4 Å². The minimum atomic E-state index is -1.52. The van der Waals surface area contributed by atoms with E-state index in [0.717, 1.165) is 6.42 Å². The Morgan fingerprint density at radius 1 is 1.07 bits per heavy atom. The lowest BCUT2D eigenvalue weighted by Crippen LogP contribution is -2.61. The van der Waals surface area contributed by atoms with Crippen molar-refractivity contribution in [1.82, 2.24) is 10.2 Å². The highest BCUT2D eigenvalue weighted by Gasteiger charge is 2.58. The zero-order valence-electron chi connectivity index (χ0n) is 29.1. The lowest BCUT2D eigenvalue weighted by atomic mass is 9.70. The molecule has 0 amide bonds. The smallest absolute Gasteiger partial charge is 0.319 e. The van der Waals surface area contributed by atoms with Crippen molar-refractivity contribution in [1.29, 1.82) is 0 Å². The first-order chi connectivity index (χ1) is 21.0. The second-order valence-electron chi connectivity index (χ2n) is 15.0. The number of ketones is 1. The normalized spacial score (nSPS) is 47.0. The van der Waals surface area contributed by atoms with Crippen molar-refractivity contribution in [3.05, 3.63) is 0 Å². The van der Waals surface area contributed by atoms with Gasteiger partial charge in [0.15, 0.2) is 17.7 Å². The number of likely N-dealkylation sites (N-methyl/N-ethyl adjacent to an activating group) is 1. The summed E-state index contributed by atoms with van der Waals surface area (Å²) in [5.74, 6) is -2.21. The molecule has 0 saturated carbocycles. The maximum atomic E-state index is 14.5. The minimum Gasteiger partial charge on any atom is -0.457 e. The molecule has 0 aromatic rings. The quantitative estimate of drug-likeness (QED) is 0.340. The van der Waals surface area contributed by atoms with E-state index in [0.29, 0.717) is 25.8 Å². The summed E-state index contributed by atoms with van der Waals surface area (Å²) in [6.45, 7) is 16.0. The molecule has 0 radical (unpaired) electrons. The summed E-state index contributed by atoms with van der Waals surface area (Å²) in [4.78, 5) is 43.3. The van der Waals surface area contributed by atoms with Crippen LogP contribution in [0.3, 0.4) is 0 Å². The van der Waals surface area contributed by atoms with Gasteiger partial charge in [0.1, 0.15) is 17.6 Å². The van der Waals surface area contributed by atoms with Crippen molar-refractivity contribution in [2.45, 2.75) is 148 Å². The zero-order chi connectivity index (χ0) is 33.5. The van der Waals surface area contributed by atoms with Crippen LogP contribution in [0.1, 0.15) is 93.9 Å². The lowest BCUT2D eigenvalue weighted by molar-refractivity contribution is -0.302. The van der Waals surface area contributed by atoms with Crippen molar-refractivity contribution in [3.8, 4) is 0 Å². The van der Waals surface area contributed by atoms with Crippen molar-refractivity contribution in [2.24, 2.45) is 23.2 Å². The van der Waals surface area contributed by atoms with E-state index in [-0.39, 0.29) is 61.2 Å². The number of fused-ring (bicyclic) bond motifs is 10. The van der Waals surface area contributed by atoms with Crippen molar-refractivity contribution >= 4 is 17.7 Å². The van der Waals surface area contributed by atoms with Gasteiger partial charge in [-0.2, -0.15) is 0 Å². The van der Waals surface area contributed by atoms with Crippen LogP contribution in [0.4, 0.5) is 0 Å². The molecule has 0 spiro atoms. The van der Waals surface area contributed by atoms with E-state index in [1.54, 1.807) is 13.8 Å². The van der Waals surface area contributed by atoms with Crippen LogP contribution >= 0.6 is 0 Å². The molecule has 0 aromatic carbocycles. The molecule has 3 unspecified atom stereocenters. The number of hydrogen-bond donors (Lipinski definition) is 2. The fourth-order valence-corrected chi connectivity index (χ4v) is 8.33. The first-order valence-corrected chi connectivity index (χ1v) is 17.0. The van der Waals surface area contributed by atoms with Crippen LogP contribution in [0.15, 0.2) is 0 Å². The molecule has 5 aliphatic rings. The highest BCUT2D eigenvalue weighted by atomic mass is 16.7. The highest BCUT2D eigenvalue weighted by molar-refractivity contribution is 6.04. The molecule has 2 bridgehead atoms. The molecule has 5 heterocycles. The van der Waals surface area contributed by atoms with Crippen LogP contribution in [-0.2, 0) is 38.1 Å². The van der Waals surface area contributed by atoms with E-state index in [4.69, 9.17) is 23.7 Å². The van der Waals surface area contributed by atoms with Crippen LogP contribution in [0.2, 0.25) is 0 Å². The molecule has 5 fully saturated rings. The molecule has 0 aromatic heterocycles. The fourth-order valence-electron chi connectivity index (χ4n) is 8.33. The monoisotopic (exact) mass is 638 g/mol. The number of hydrogen-bond acceptors (Lipinski definition) is 11. The van der Waals surface area contributed by atoms with Gasteiger partial charge in [0.2, 0.25) is 0 Å². The number of Topliss-reactive ketones (excluding diaryl/α,β-unsaturated/α-hetero) is 1. The van der Waals surface area contributed by atoms with Gasteiger partial charge >= 0.3 is 11.9 Å². The summed E-state index contributed by atoms with van der Waals surface area (Å²) >= 11 is 0. The molecule has 258 valence electrons. The van der Waals surface area contributed by atoms with Crippen LogP contribution in [0.5, 0.6) is 0 Å². The Morgan fingerprint density at radius 3 is 2.38 bits per heavy atom. The summed E-state index contributed by atoms with van der Waals surface area (Å²) in [7, 11) is 3.85. The molecule has 11 heteroatoms. The Morgan fingerprint density at radius 2 is 1.76 bits per heavy atom. The topological polar surface area (TPSA) is 133 Å². The molecule has 13 atom stereocenters. The second kappa shape index (κ2) is 13.8. The van der Waals surface area contributed by atoms with E-state index < -0.39 is 53.1 Å². The number of aliphatic hydroxyl groups is 1. The molecule has 5 rings (SSSR count). The maximum Gasteiger partial charge on any atom is 0.319 e. The Bertz CT molecular complexity index is 1090. The largest absolute Gasteiger partial charge is 0.457 e. The molecule has 11 nitrogen and oxygen atoms in total. The molecular weight excluding hydrogens is 580 g/mol. The van der Waals surface area contributed by atoms with E-state index >= 15 is 0 Å². The standard InChI is InChI=1S/C34H58N2O9/c1-11-22-15-24(36(9)10)27(38)30(42-22)44-29-20(4)28(39)32(6)13-14-41-33(29,7)17-19(3)18-35-21(5)23-16-26(37)45-34(23,8)25(12-2)43-31(32)40/h19-25,27,29-30,35,38H,11-18H2,1-10H3/t19-,20+,21-,22?,23-,24?,25-,27?,29-,30+,32+,33+,34+/m1/s1. The molecule has 45 heavy (non-hydrogen) atoms. The number of carbonyl (C=O) groups is 3. The van der Waals surface area contributed by atoms with E-state index in [1.165, 1.54) is 0 Å². The fraction of sp³-hybridized carbons (Fsp3) is 0.912.